The lowest BCUT2D eigenvalue weighted by Gasteiger charge is -2.21. The Hall–Kier alpha value is -1.51. The summed E-state index contributed by atoms with van der Waals surface area (Å²) in [5.74, 6) is 2.29. The Labute approximate surface area is 114 Å². The number of hydrogen-bond donors (Lipinski definition) is 2. The van der Waals surface area contributed by atoms with Gasteiger partial charge in [-0.05, 0) is 61.6 Å². The molecule has 2 bridgehead atoms. The molecule has 2 aliphatic rings. The van der Waals surface area contributed by atoms with E-state index in [1.807, 2.05) is 13.0 Å². The number of phenols is 1. The van der Waals surface area contributed by atoms with E-state index in [2.05, 4.69) is 5.32 Å². The summed E-state index contributed by atoms with van der Waals surface area (Å²) < 4.78 is 0. The summed E-state index contributed by atoms with van der Waals surface area (Å²) >= 11 is 0. The lowest BCUT2D eigenvalue weighted by atomic mass is 9.89. The molecule has 1 aromatic rings. The van der Waals surface area contributed by atoms with Crippen molar-refractivity contribution in [2.45, 2.75) is 32.6 Å². The van der Waals surface area contributed by atoms with Crippen LogP contribution in [0.5, 0.6) is 5.75 Å². The highest BCUT2D eigenvalue weighted by Crippen LogP contribution is 2.47. The number of fused-ring (bicyclic) bond motifs is 2. The normalized spacial score (nSPS) is 28.6. The molecular formula is C16H21NO2. The summed E-state index contributed by atoms with van der Waals surface area (Å²) in [7, 11) is 0. The largest absolute Gasteiger partial charge is 0.507 e. The van der Waals surface area contributed by atoms with Crippen molar-refractivity contribution in [3.05, 3.63) is 29.3 Å². The van der Waals surface area contributed by atoms with E-state index in [-0.39, 0.29) is 11.7 Å². The third-order valence-electron chi connectivity index (χ3n) is 4.81. The Balaban J connectivity index is 1.59. The molecule has 2 aliphatic carbocycles. The smallest absolute Gasteiger partial charge is 0.255 e. The number of aryl methyl sites for hydroxylation is 1. The van der Waals surface area contributed by atoms with Crippen molar-refractivity contribution < 1.29 is 9.90 Å². The van der Waals surface area contributed by atoms with Crippen LogP contribution in [0.25, 0.3) is 0 Å². The molecule has 3 heteroatoms. The van der Waals surface area contributed by atoms with E-state index in [0.29, 0.717) is 11.5 Å². The van der Waals surface area contributed by atoms with Crippen LogP contribution in [0, 0.1) is 24.7 Å². The molecule has 0 saturated heterocycles. The van der Waals surface area contributed by atoms with Crippen molar-refractivity contribution in [1.29, 1.82) is 0 Å². The Morgan fingerprint density at radius 2 is 2.21 bits per heavy atom. The first kappa shape index (κ1) is 12.5. The molecule has 2 saturated carbocycles. The highest BCUT2D eigenvalue weighted by Gasteiger charge is 2.39. The molecule has 3 atom stereocenters. The van der Waals surface area contributed by atoms with E-state index in [9.17, 15) is 9.90 Å². The van der Waals surface area contributed by atoms with Gasteiger partial charge >= 0.3 is 0 Å². The van der Waals surface area contributed by atoms with Crippen molar-refractivity contribution in [1.82, 2.24) is 5.32 Å². The van der Waals surface area contributed by atoms with Crippen molar-refractivity contribution in [3.8, 4) is 5.75 Å². The van der Waals surface area contributed by atoms with E-state index < -0.39 is 0 Å². The lowest BCUT2D eigenvalue weighted by Crippen LogP contribution is -2.31. The Kier molecular flexibility index (Phi) is 3.21. The number of rotatable bonds is 3. The van der Waals surface area contributed by atoms with Gasteiger partial charge in [-0.15, -0.1) is 0 Å². The minimum atomic E-state index is -0.153. The zero-order chi connectivity index (χ0) is 13.4. The second kappa shape index (κ2) is 4.87. The summed E-state index contributed by atoms with van der Waals surface area (Å²) in [6, 6.07) is 5.18. The van der Waals surface area contributed by atoms with E-state index in [1.54, 1.807) is 12.1 Å². The summed E-state index contributed by atoms with van der Waals surface area (Å²) in [5.41, 5.74) is 1.34. The number of hydrogen-bond acceptors (Lipinski definition) is 2. The van der Waals surface area contributed by atoms with Gasteiger partial charge in [-0.3, -0.25) is 4.79 Å². The molecule has 0 spiro atoms. The molecule has 102 valence electrons. The van der Waals surface area contributed by atoms with E-state index >= 15 is 0 Å². The Morgan fingerprint density at radius 1 is 1.37 bits per heavy atom. The van der Waals surface area contributed by atoms with Gasteiger partial charge in [0, 0.05) is 6.54 Å². The van der Waals surface area contributed by atoms with E-state index in [4.69, 9.17) is 0 Å². The van der Waals surface area contributed by atoms with Crippen LogP contribution < -0.4 is 5.32 Å². The molecule has 3 rings (SSSR count). The third-order valence-corrected chi connectivity index (χ3v) is 4.81. The first-order chi connectivity index (χ1) is 9.13. The molecule has 3 unspecified atom stereocenters. The molecule has 0 radical (unpaired) electrons. The van der Waals surface area contributed by atoms with Gasteiger partial charge in [-0.2, -0.15) is 0 Å². The molecule has 1 amide bonds. The molecule has 0 aliphatic heterocycles. The maximum Gasteiger partial charge on any atom is 0.255 e. The number of carbonyl (C=O) groups is 1. The van der Waals surface area contributed by atoms with Crippen molar-refractivity contribution in [3.63, 3.8) is 0 Å². The number of phenolic OH excluding ortho intramolecular Hbond substituents is 1. The fraction of sp³-hybridized carbons (Fsp3) is 0.562. The van der Waals surface area contributed by atoms with Gasteiger partial charge < -0.3 is 10.4 Å². The van der Waals surface area contributed by atoms with Gasteiger partial charge in [0.2, 0.25) is 0 Å². The molecule has 1 aromatic carbocycles. The molecule has 3 nitrogen and oxygen atoms in total. The fourth-order valence-corrected chi connectivity index (χ4v) is 3.78. The topological polar surface area (TPSA) is 49.3 Å². The van der Waals surface area contributed by atoms with Crippen LogP contribution in [0.15, 0.2) is 18.2 Å². The monoisotopic (exact) mass is 259 g/mol. The summed E-state index contributed by atoms with van der Waals surface area (Å²) in [4.78, 5) is 12.1. The van der Waals surface area contributed by atoms with Gasteiger partial charge in [0.05, 0.1) is 5.56 Å². The number of amides is 1. The first-order valence-electron chi connectivity index (χ1n) is 7.21. The summed E-state index contributed by atoms with van der Waals surface area (Å²) in [6.07, 6.45) is 5.34. The SMILES string of the molecule is Cc1ccc(C(=O)NCC2CC3CCC2C3)c(O)c1. The Morgan fingerprint density at radius 3 is 2.84 bits per heavy atom. The van der Waals surface area contributed by atoms with Crippen LogP contribution in [0.4, 0.5) is 0 Å². The highest BCUT2D eigenvalue weighted by atomic mass is 16.3. The summed E-state index contributed by atoms with van der Waals surface area (Å²) in [5, 5.41) is 12.8. The minimum absolute atomic E-state index is 0.0745. The average Bonchev–Trinajstić information content (AvgIpc) is 2.98. The molecule has 2 N–H and O–H groups in total. The van der Waals surface area contributed by atoms with Crippen LogP contribution in [-0.2, 0) is 0 Å². The van der Waals surface area contributed by atoms with Crippen molar-refractivity contribution >= 4 is 5.91 Å². The molecule has 0 aromatic heterocycles. The summed E-state index contributed by atoms with van der Waals surface area (Å²) in [6.45, 7) is 2.66. The number of carbonyl (C=O) groups excluding carboxylic acids is 1. The number of benzene rings is 1. The van der Waals surface area contributed by atoms with Crippen LogP contribution in [0.3, 0.4) is 0 Å². The highest BCUT2D eigenvalue weighted by molar-refractivity contribution is 5.96. The third kappa shape index (κ3) is 2.46. The maximum atomic E-state index is 12.1. The van der Waals surface area contributed by atoms with Gasteiger partial charge in [-0.1, -0.05) is 12.5 Å². The van der Waals surface area contributed by atoms with E-state index in [0.717, 1.165) is 23.9 Å². The predicted molar refractivity (Wildman–Crippen MR) is 74.1 cm³/mol. The van der Waals surface area contributed by atoms with E-state index in [1.165, 1.54) is 25.7 Å². The zero-order valence-electron chi connectivity index (χ0n) is 11.4. The lowest BCUT2D eigenvalue weighted by molar-refractivity contribution is 0.0939. The Bertz CT molecular complexity index is 498. The van der Waals surface area contributed by atoms with Gasteiger partial charge in [0.25, 0.3) is 5.91 Å². The van der Waals surface area contributed by atoms with Crippen molar-refractivity contribution in [2.24, 2.45) is 17.8 Å². The molecule has 0 heterocycles. The van der Waals surface area contributed by atoms with Gasteiger partial charge in [0.15, 0.2) is 0 Å². The number of nitrogens with one attached hydrogen (secondary N) is 1. The fourth-order valence-electron chi connectivity index (χ4n) is 3.78. The van der Waals surface area contributed by atoms with Crippen LogP contribution in [0.2, 0.25) is 0 Å². The minimum Gasteiger partial charge on any atom is -0.507 e. The second-order valence-electron chi connectivity index (χ2n) is 6.17. The molecular weight excluding hydrogens is 238 g/mol. The second-order valence-corrected chi connectivity index (χ2v) is 6.17. The zero-order valence-corrected chi connectivity index (χ0v) is 11.4. The van der Waals surface area contributed by atoms with Gasteiger partial charge in [0.1, 0.15) is 5.75 Å². The quantitative estimate of drug-likeness (QED) is 0.877. The first-order valence-corrected chi connectivity index (χ1v) is 7.21. The predicted octanol–water partition coefficient (Wildman–Crippen LogP) is 2.87. The van der Waals surface area contributed by atoms with Gasteiger partial charge in [-0.25, -0.2) is 0 Å². The van der Waals surface area contributed by atoms with Crippen molar-refractivity contribution in [2.75, 3.05) is 6.54 Å². The van der Waals surface area contributed by atoms with Crippen LogP contribution in [-0.4, -0.2) is 17.6 Å². The average molecular weight is 259 g/mol. The molecule has 2 fully saturated rings. The maximum absolute atomic E-state index is 12.1. The van der Waals surface area contributed by atoms with Crippen LogP contribution in [0.1, 0.15) is 41.6 Å². The number of aromatic hydroxyl groups is 1. The van der Waals surface area contributed by atoms with Crippen LogP contribution >= 0.6 is 0 Å². The standard InChI is InChI=1S/C16H21NO2/c1-10-2-5-14(15(18)6-10)16(19)17-9-13-8-11-3-4-12(13)7-11/h2,5-6,11-13,18H,3-4,7-9H2,1H3,(H,17,19). The molecule has 19 heavy (non-hydrogen) atoms.